The van der Waals surface area contributed by atoms with Gasteiger partial charge in [-0.15, -0.1) is 9.94 Å². The second-order valence-electron chi connectivity index (χ2n) is 3.21. The van der Waals surface area contributed by atoms with E-state index in [2.05, 4.69) is 17.3 Å². The Bertz CT molecular complexity index is 546. The molecule has 1 aromatic heterocycles. The van der Waals surface area contributed by atoms with Gasteiger partial charge in [-0.25, -0.2) is 0 Å². The number of fused-ring (bicyclic) bond motifs is 2. The van der Waals surface area contributed by atoms with E-state index >= 15 is 0 Å². The zero-order valence-corrected chi connectivity index (χ0v) is 6.94. The Hall–Kier alpha value is -1.77. The molecule has 2 aliphatic rings. The fourth-order valence-corrected chi connectivity index (χ4v) is 1.84. The summed E-state index contributed by atoms with van der Waals surface area (Å²) in [6.45, 7) is 0. The van der Waals surface area contributed by atoms with Gasteiger partial charge in [0.25, 0.3) is 0 Å². The highest BCUT2D eigenvalue weighted by Gasteiger charge is 2.14. The van der Waals surface area contributed by atoms with Crippen LogP contribution in [0.3, 0.4) is 0 Å². The van der Waals surface area contributed by atoms with E-state index in [1.807, 2.05) is 12.2 Å². The molecule has 0 spiro atoms. The smallest absolute Gasteiger partial charge is 0.111 e. The monoisotopic (exact) mass is 172 g/mol. The van der Waals surface area contributed by atoms with Gasteiger partial charge < -0.3 is 5.21 Å². The largest absolute Gasteiger partial charge is 0.411 e. The summed E-state index contributed by atoms with van der Waals surface area (Å²) < 4.78 is 0. The first-order chi connectivity index (χ1) is 6.36. The molecular formula is C10H8N2O. The molecule has 0 aliphatic heterocycles. The molecule has 0 atom stereocenters. The van der Waals surface area contributed by atoms with Gasteiger partial charge in [0.1, 0.15) is 5.35 Å². The molecule has 0 fully saturated rings. The molecule has 0 amide bonds. The topological polar surface area (TPSA) is 38.0 Å². The maximum absolute atomic E-state index is 9.33. The number of hydrogen-bond donors (Lipinski definition) is 1. The van der Waals surface area contributed by atoms with Gasteiger partial charge in [0.05, 0.1) is 6.20 Å². The lowest BCUT2D eigenvalue weighted by Gasteiger charge is -2.04. The maximum atomic E-state index is 9.33. The van der Waals surface area contributed by atoms with Crippen LogP contribution in [0, 0.1) is 0 Å². The summed E-state index contributed by atoms with van der Waals surface area (Å²) >= 11 is 0. The summed E-state index contributed by atoms with van der Waals surface area (Å²) in [5.74, 6) is 0. The summed E-state index contributed by atoms with van der Waals surface area (Å²) in [5.41, 5.74) is 2.45. The lowest BCUT2D eigenvalue weighted by Crippen LogP contribution is -2.26. The van der Waals surface area contributed by atoms with E-state index in [-0.39, 0.29) is 0 Å². The zero-order valence-electron chi connectivity index (χ0n) is 6.94. The molecule has 3 rings (SSSR count). The van der Waals surface area contributed by atoms with Crippen LogP contribution < -0.4 is 10.6 Å². The van der Waals surface area contributed by atoms with Crippen LogP contribution in [-0.4, -0.2) is 15.2 Å². The average Bonchev–Trinajstić information content (AvgIpc) is 2.67. The third-order valence-corrected chi connectivity index (χ3v) is 2.49. The van der Waals surface area contributed by atoms with Gasteiger partial charge >= 0.3 is 0 Å². The molecular weight excluding hydrogens is 164 g/mol. The Balaban J connectivity index is 2.46. The molecule has 0 bridgehead atoms. The maximum Gasteiger partial charge on any atom is 0.111 e. The highest BCUT2D eigenvalue weighted by molar-refractivity contribution is 5.83. The van der Waals surface area contributed by atoms with Crippen LogP contribution >= 0.6 is 0 Å². The van der Waals surface area contributed by atoms with Gasteiger partial charge in [0.2, 0.25) is 0 Å². The SMILES string of the molecule is On1ncc2c1=CC1=CC=CCC=21. The van der Waals surface area contributed by atoms with Crippen molar-refractivity contribution in [2.75, 3.05) is 0 Å². The minimum Gasteiger partial charge on any atom is -0.411 e. The predicted octanol–water partition coefficient (Wildman–Crippen LogP) is -0.0485. The van der Waals surface area contributed by atoms with Crippen molar-refractivity contribution in [2.45, 2.75) is 6.42 Å². The first-order valence-electron chi connectivity index (χ1n) is 4.21. The third-order valence-electron chi connectivity index (χ3n) is 2.49. The Morgan fingerprint density at radius 3 is 3.31 bits per heavy atom. The van der Waals surface area contributed by atoms with Crippen LogP contribution in [-0.2, 0) is 0 Å². The molecule has 64 valence electrons. The molecule has 3 heteroatoms. The summed E-state index contributed by atoms with van der Waals surface area (Å²) in [4.78, 5) is 0.932. The van der Waals surface area contributed by atoms with E-state index in [0.29, 0.717) is 0 Å². The number of hydrogen-bond acceptors (Lipinski definition) is 2. The molecule has 1 aromatic rings. The van der Waals surface area contributed by atoms with Gasteiger partial charge in [0, 0.05) is 5.22 Å². The average molecular weight is 172 g/mol. The minimum atomic E-state index is 0.796. The van der Waals surface area contributed by atoms with E-state index in [1.54, 1.807) is 6.20 Å². The van der Waals surface area contributed by atoms with Gasteiger partial charge in [-0.3, -0.25) is 0 Å². The van der Waals surface area contributed by atoms with Crippen LogP contribution in [0.25, 0.3) is 11.6 Å². The molecule has 2 aliphatic carbocycles. The van der Waals surface area contributed by atoms with Crippen molar-refractivity contribution < 1.29 is 5.21 Å². The first-order valence-corrected chi connectivity index (χ1v) is 4.21. The molecule has 0 aromatic carbocycles. The van der Waals surface area contributed by atoms with Gasteiger partial charge in [-0.1, -0.05) is 18.2 Å². The van der Waals surface area contributed by atoms with Crippen molar-refractivity contribution in [3.05, 3.63) is 40.6 Å². The standard InChI is InChI=1S/C10H8N2O/c13-12-10-5-7-3-1-2-4-8(7)9(10)6-11-12/h1-3,5-6,13H,4H2. The van der Waals surface area contributed by atoms with Crippen molar-refractivity contribution in [2.24, 2.45) is 0 Å². The molecule has 0 saturated carbocycles. The van der Waals surface area contributed by atoms with Crippen LogP contribution in [0.2, 0.25) is 0 Å². The number of rotatable bonds is 0. The fraction of sp³-hybridized carbons (Fsp3) is 0.100. The molecule has 3 nitrogen and oxygen atoms in total. The summed E-state index contributed by atoms with van der Waals surface area (Å²) in [7, 11) is 0. The molecule has 1 N–H and O–H groups in total. The third kappa shape index (κ3) is 0.758. The van der Waals surface area contributed by atoms with Crippen molar-refractivity contribution in [3.8, 4) is 0 Å². The minimum absolute atomic E-state index is 0.796. The predicted molar refractivity (Wildman–Crippen MR) is 48.4 cm³/mol. The summed E-state index contributed by atoms with van der Waals surface area (Å²) in [6, 6.07) is 0. The lowest BCUT2D eigenvalue weighted by molar-refractivity contribution is 0.140. The highest BCUT2D eigenvalue weighted by Crippen LogP contribution is 2.22. The van der Waals surface area contributed by atoms with Gasteiger partial charge in [0.15, 0.2) is 0 Å². The second-order valence-corrected chi connectivity index (χ2v) is 3.21. The first kappa shape index (κ1) is 6.71. The van der Waals surface area contributed by atoms with Crippen LogP contribution in [0.5, 0.6) is 0 Å². The van der Waals surface area contributed by atoms with Gasteiger partial charge in [-0.2, -0.15) is 0 Å². The second kappa shape index (κ2) is 2.13. The van der Waals surface area contributed by atoms with Crippen LogP contribution in [0.1, 0.15) is 6.42 Å². The van der Waals surface area contributed by atoms with Crippen molar-refractivity contribution in [1.82, 2.24) is 9.94 Å². The van der Waals surface area contributed by atoms with E-state index in [9.17, 15) is 5.21 Å². The van der Waals surface area contributed by atoms with Gasteiger partial charge in [-0.05, 0) is 23.6 Å². The zero-order chi connectivity index (χ0) is 8.84. The van der Waals surface area contributed by atoms with E-state index in [0.717, 1.165) is 21.8 Å². The molecule has 13 heavy (non-hydrogen) atoms. The quantitative estimate of drug-likeness (QED) is 0.557. The number of allylic oxidation sites excluding steroid dienone is 4. The highest BCUT2D eigenvalue weighted by atomic mass is 16.5. The van der Waals surface area contributed by atoms with Crippen LogP contribution in [0.15, 0.2) is 30.0 Å². The van der Waals surface area contributed by atoms with E-state index < -0.39 is 0 Å². The number of nitrogens with zero attached hydrogens (tertiary/aromatic N) is 2. The van der Waals surface area contributed by atoms with Crippen molar-refractivity contribution >= 4 is 11.6 Å². The fourth-order valence-electron chi connectivity index (χ4n) is 1.84. The Morgan fingerprint density at radius 1 is 1.46 bits per heavy atom. The van der Waals surface area contributed by atoms with E-state index in [4.69, 9.17) is 0 Å². The summed E-state index contributed by atoms with van der Waals surface area (Å²) in [5, 5.41) is 15.0. The Kier molecular flexibility index (Phi) is 1.10. The van der Waals surface area contributed by atoms with Crippen molar-refractivity contribution in [3.63, 3.8) is 0 Å². The van der Waals surface area contributed by atoms with Crippen LogP contribution in [0.4, 0.5) is 0 Å². The van der Waals surface area contributed by atoms with Crippen molar-refractivity contribution in [1.29, 1.82) is 0 Å². The normalized spacial score (nSPS) is 17.8. The molecule has 0 unspecified atom stereocenters. The molecule has 1 heterocycles. The molecule has 0 radical (unpaired) electrons. The number of aromatic nitrogens is 2. The Morgan fingerprint density at radius 2 is 2.38 bits per heavy atom. The lowest BCUT2D eigenvalue weighted by atomic mass is 10.0. The molecule has 0 saturated heterocycles. The Labute approximate surface area is 74.6 Å². The summed E-state index contributed by atoms with van der Waals surface area (Å²) in [6.07, 6.45) is 10.8. The van der Waals surface area contributed by atoms with E-state index in [1.165, 1.54) is 11.1 Å².